The summed E-state index contributed by atoms with van der Waals surface area (Å²) in [6, 6.07) is 7.57. The maximum atomic E-state index is 11.9. The Morgan fingerprint density at radius 2 is 2.21 bits per heavy atom. The quantitative estimate of drug-likeness (QED) is 0.674. The van der Waals surface area contributed by atoms with E-state index in [4.69, 9.17) is 4.74 Å². The third-order valence-electron chi connectivity index (χ3n) is 3.04. The highest BCUT2D eigenvalue weighted by Crippen LogP contribution is 2.21. The Morgan fingerprint density at radius 1 is 1.33 bits per heavy atom. The summed E-state index contributed by atoms with van der Waals surface area (Å²) in [5.41, 5.74) is 1.73. The lowest BCUT2D eigenvalue weighted by Gasteiger charge is -2.07. The van der Waals surface area contributed by atoms with Crippen LogP contribution in [0.3, 0.4) is 0 Å². The first-order valence-corrected chi connectivity index (χ1v) is 8.98. The zero-order chi connectivity index (χ0) is 16.8. The summed E-state index contributed by atoms with van der Waals surface area (Å²) >= 11 is 2.97. The number of amides is 1. The van der Waals surface area contributed by atoms with E-state index in [9.17, 15) is 4.79 Å². The van der Waals surface area contributed by atoms with Crippen molar-refractivity contribution in [3.8, 4) is 5.75 Å². The molecule has 3 rings (SSSR count). The molecule has 5 nitrogen and oxygen atoms in total. The zero-order valence-corrected chi connectivity index (χ0v) is 14.6. The van der Waals surface area contributed by atoms with Gasteiger partial charge in [0.1, 0.15) is 12.4 Å². The van der Waals surface area contributed by atoms with Crippen LogP contribution in [0.5, 0.6) is 5.75 Å². The van der Waals surface area contributed by atoms with Gasteiger partial charge in [-0.15, -0.1) is 22.7 Å². The lowest BCUT2D eigenvalue weighted by molar-refractivity contribution is -0.111. The number of carbonyl (C=O) groups is 1. The Hall–Kier alpha value is -2.51. The molecular weight excluding hydrogens is 342 g/mol. The van der Waals surface area contributed by atoms with Crippen molar-refractivity contribution in [1.29, 1.82) is 0 Å². The molecule has 2 heterocycles. The van der Waals surface area contributed by atoms with Crippen LogP contribution in [0.1, 0.15) is 16.3 Å². The number of aromatic nitrogens is 2. The molecule has 1 N–H and O–H groups in total. The van der Waals surface area contributed by atoms with Crippen LogP contribution in [-0.4, -0.2) is 15.9 Å². The van der Waals surface area contributed by atoms with E-state index < -0.39 is 0 Å². The lowest BCUT2D eigenvalue weighted by Crippen LogP contribution is -2.07. The van der Waals surface area contributed by atoms with Gasteiger partial charge in [-0.25, -0.2) is 9.97 Å². The Morgan fingerprint density at radius 3 is 2.96 bits per heavy atom. The van der Waals surface area contributed by atoms with Gasteiger partial charge in [0, 0.05) is 28.6 Å². The number of ether oxygens (including phenoxy) is 1. The number of nitrogens with one attached hydrogen (secondary N) is 1. The van der Waals surface area contributed by atoms with Crippen LogP contribution in [0.4, 0.5) is 5.13 Å². The number of anilines is 1. The van der Waals surface area contributed by atoms with E-state index >= 15 is 0 Å². The third kappa shape index (κ3) is 4.50. The van der Waals surface area contributed by atoms with Crippen molar-refractivity contribution in [3.63, 3.8) is 0 Å². The topological polar surface area (TPSA) is 64.1 Å². The lowest BCUT2D eigenvalue weighted by atomic mass is 10.2. The summed E-state index contributed by atoms with van der Waals surface area (Å²) in [5.74, 6) is 0.483. The summed E-state index contributed by atoms with van der Waals surface area (Å²) in [5, 5.41) is 8.09. The molecule has 0 aliphatic rings. The number of carbonyl (C=O) groups excluding carboxylic acids is 1. The van der Waals surface area contributed by atoms with Crippen LogP contribution in [0.25, 0.3) is 6.08 Å². The van der Waals surface area contributed by atoms with Crippen LogP contribution in [0, 0.1) is 6.92 Å². The van der Waals surface area contributed by atoms with E-state index in [1.165, 1.54) is 17.4 Å². The van der Waals surface area contributed by atoms with E-state index in [0.717, 1.165) is 16.3 Å². The van der Waals surface area contributed by atoms with E-state index in [1.54, 1.807) is 23.6 Å². The molecular formula is C17H15N3O2S2. The molecule has 0 unspecified atom stereocenters. The van der Waals surface area contributed by atoms with E-state index in [-0.39, 0.29) is 5.91 Å². The van der Waals surface area contributed by atoms with Gasteiger partial charge in [-0.3, -0.25) is 10.1 Å². The zero-order valence-electron chi connectivity index (χ0n) is 12.9. The summed E-state index contributed by atoms with van der Waals surface area (Å²) in [7, 11) is 0. The molecule has 0 radical (unpaired) electrons. The summed E-state index contributed by atoms with van der Waals surface area (Å²) in [6.07, 6.45) is 4.84. The molecule has 0 spiro atoms. The second kappa shape index (κ2) is 7.85. The summed E-state index contributed by atoms with van der Waals surface area (Å²) in [4.78, 5) is 20.3. The Balaban J connectivity index is 1.64. The summed E-state index contributed by atoms with van der Waals surface area (Å²) < 4.78 is 5.83. The monoisotopic (exact) mass is 357 g/mol. The van der Waals surface area contributed by atoms with Gasteiger partial charge in [-0.2, -0.15) is 0 Å². The molecule has 0 atom stereocenters. The van der Waals surface area contributed by atoms with Gasteiger partial charge in [0.15, 0.2) is 5.13 Å². The minimum Gasteiger partial charge on any atom is -0.487 e. The highest BCUT2D eigenvalue weighted by atomic mass is 32.1. The van der Waals surface area contributed by atoms with Gasteiger partial charge in [-0.1, -0.05) is 18.2 Å². The van der Waals surface area contributed by atoms with Crippen molar-refractivity contribution >= 4 is 39.8 Å². The first-order chi connectivity index (χ1) is 11.7. The molecule has 0 aliphatic heterocycles. The SMILES string of the molecule is Cc1nc(COc2ccccc2/C=C/C(=O)Nc2nccs2)cs1. The first kappa shape index (κ1) is 16.4. The molecule has 24 heavy (non-hydrogen) atoms. The van der Waals surface area contributed by atoms with Crippen LogP contribution >= 0.6 is 22.7 Å². The van der Waals surface area contributed by atoms with E-state index in [2.05, 4.69) is 15.3 Å². The predicted octanol–water partition coefficient (Wildman–Crippen LogP) is 4.14. The molecule has 0 fully saturated rings. The number of benzene rings is 1. The molecule has 0 bridgehead atoms. The molecule has 2 aromatic heterocycles. The number of para-hydroxylation sites is 1. The number of aryl methyl sites for hydroxylation is 1. The van der Waals surface area contributed by atoms with Crippen molar-refractivity contribution < 1.29 is 9.53 Å². The van der Waals surface area contributed by atoms with Crippen molar-refractivity contribution in [1.82, 2.24) is 9.97 Å². The Bertz CT molecular complexity index is 841. The molecule has 1 amide bonds. The first-order valence-electron chi connectivity index (χ1n) is 7.22. The Labute approximate surface area is 147 Å². The minimum atomic E-state index is -0.227. The number of hydrogen-bond acceptors (Lipinski definition) is 6. The van der Waals surface area contributed by atoms with Crippen LogP contribution in [0.15, 0.2) is 47.3 Å². The van der Waals surface area contributed by atoms with Crippen LogP contribution < -0.4 is 10.1 Å². The average molecular weight is 357 g/mol. The second-order valence-corrected chi connectivity index (χ2v) is 6.80. The molecule has 0 aliphatic carbocycles. The van der Waals surface area contributed by atoms with Crippen LogP contribution in [-0.2, 0) is 11.4 Å². The number of nitrogens with zero attached hydrogens (tertiary/aromatic N) is 2. The number of hydrogen-bond donors (Lipinski definition) is 1. The van der Waals surface area contributed by atoms with Gasteiger partial charge in [-0.05, 0) is 19.1 Å². The highest BCUT2D eigenvalue weighted by molar-refractivity contribution is 7.13. The smallest absolute Gasteiger partial charge is 0.250 e. The fourth-order valence-corrected chi connectivity index (χ4v) is 3.10. The van der Waals surface area contributed by atoms with Crippen molar-refractivity contribution in [2.24, 2.45) is 0 Å². The van der Waals surface area contributed by atoms with E-state index in [0.29, 0.717) is 17.5 Å². The number of rotatable bonds is 6. The fraction of sp³-hybridized carbons (Fsp3) is 0.118. The fourth-order valence-electron chi connectivity index (χ4n) is 1.97. The maximum Gasteiger partial charge on any atom is 0.250 e. The predicted molar refractivity (Wildman–Crippen MR) is 97.4 cm³/mol. The largest absolute Gasteiger partial charge is 0.487 e. The molecule has 0 saturated heterocycles. The highest BCUT2D eigenvalue weighted by Gasteiger charge is 2.04. The second-order valence-electron chi connectivity index (χ2n) is 4.84. The molecule has 1 aromatic carbocycles. The van der Waals surface area contributed by atoms with Gasteiger partial charge in [0.2, 0.25) is 5.91 Å². The van der Waals surface area contributed by atoms with Gasteiger partial charge < -0.3 is 4.74 Å². The third-order valence-corrected chi connectivity index (χ3v) is 4.55. The maximum absolute atomic E-state index is 11.9. The van der Waals surface area contributed by atoms with Crippen molar-refractivity contribution in [2.45, 2.75) is 13.5 Å². The molecule has 0 saturated carbocycles. The standard InChI is InChI=1S/C17H15N3O2S2/c1-12-19-14(11-24-12)10-22-15-5-3-2-4-13(15)6-7-16(21)20-17-18-8-9-23-17/h2-9,11H,10H2,1H3,(H,18,20,21)/b7-6+. The van der Waals surface area contributed by atoms with E-state index in [1.807, 2.05) is 41.9 Å². The summed E-state index contributed by atoms with van der Waals surface area (Å²) in [6.45, 7) is 2.37. The molecule has 3 aromatic rings. The van der Waals surface area contributed by atoms with Crippen molar-refractivity contribution in [3.05, 3.63) is 63.6 Å². The normalized spacial score (nSPS) is 10.9. The minimum absolute atomic E-state index is 0.227. The van der Waals surface area contributed by atoms with Gasteiger partial charge in [0.25, 0.3) is 0 Å². The van der Waals surface area contributed by atoms with Gasteiger partial charge >= 0.3 is 0 Å². The average Bonchev–Trinajstić information content (AvgIpc) is 3.23. The number of thiazole rings is 2. The molecule has 7 heteroatoms. The van der Waals surface area contributed by atoms with Crippen molar-refractivity contribution in [2.75, 3.05) is 5.32 Å². The van der Waals surface area contributed by atoms with Gasteiger partial charge in [0.05, 0.1) is 10.7 Å². The Kier molecular flexibility index (Phi) is 5.35. The molecule has 122 valence electrons. The van der Waals surface area contributed by atoms with Crippen LogP contribution in [0.2, 0.25) is 0 Å².